The van der Waals surface area contributed by atoms with Crippen LogP contribution in [0, 0.1) is 5.82 Å². The minimum absolute atomic E-state index is 0.295. The Kier molecular flexibility index (Phi) is 5.55. The van der Waals surface area contributed by atoms with Gasteiger partial charge in [-0.2, -0.15) is 30.0 Å². The first-order valence-corrected chi connectivity index (χ1v) is 9.59. The maximum absolute atomic E-state index is 14.6. The molecule has 3 aromatic rings. The van der Waals surface area contributed by atoms with Gasteiger partial charge in [-0.05, 0) is 42.7 Å². The number of para-hydroxylation sites is 1. The highest BCUT2D eigenvalue weighted by molar-refractivity contribution is 7.98. The summed E-state index contributed by atoms with van der Waals surface area (Å²) < 4.78 is 55.2. The minimum atomic E-state index is -4.85. The fourth-order valence-electron chi connectivity index (χ4n) is 2.88. The average Bonchev–Trinajstić information content (AvgIpc) is 2.63. The molecule has 0 saturated heterocycles. The molecule has 1 aromatic heterocycles. The number of fused-ring (bicyclic) bond motifs is 1. The van der Waals surface area contributed by atoms with Crippen molar-refractivity contribution >= 4 is 22.7 Å². The molecule has 0 radical (unpaired) electrons. The third-order valence-electron chi connectivity index (χ3n) is 4.14. The lowest BCUT2D eigenvalue weighted by Gasteiger charge is -2.14. The zero-order valence-corrected chi connectivity index (χ0v) is 15.2. The number of aromatic nitrogens is 2. The van der Waals surface area contributed by atoms with Crippen LogP contribution in [-0.2, 0) is 12.7 Å². The number of hydrogen-bond acceptors (Lipinski definition) is 3. The number of thioether (sulfide) groups is 1. The van der Waals surface area contributed by atoms with Crippen LogP contribution in [0.25, 0.3) is 22.2 Å². The van der Waals surface area contributed by atoms with Gasteiger partial charge in [0, 0.05) is 17.5 Å². The molecule has 0 atom stereocenters. The molecular formula is C19H16F4N2OS. The van der Waals surface area contributed by atoms with E-state index >= 15 is 0 Å². The fourth-order valence-corrected chi connectivity index (χ4v) is 3.30. The first-order chi connectivity index (χ1) is 12.8. The standard InChI is InChI=1S/C19H16F4N2OS/c1-27-11-5-10-25-15-9-3-2-6-12(15)18(26)17(24-25)13-7-4-8-14(16(13)20)19(21,22)23/h2-4,6-9H,5,10-11H2,1H3. The number of benzene rings is 2. The molecule has 0 aliphatic carbocycles. The van der Waals surface area contributed by atoms with E-state index in [0.29, 0.717) is 23.5 Å². The van der Waals surface area contributed by atoms with Crippen LogP contribution in [0.5, 0.6) is 0 Å². The largest absolute Gasteiger partial charge is 0.419 e. The number of alkyl halides is 3. The van der Waals surface area contributed by atoms with Gasteiger partial charge in [0.25, 0.3) is 0 Å². The summed E-state index contributed by atoms with van der Waals surface area (Å²) >= 11 is 1.65. The lowest BCUT2D eigenvalue weighted by molar-refractivity contribution is -0.139. The quantitative estimate of drug-likeness (QED) is 0.451. The molecule has 0 N–H and O–H groups in total. The van der Waals surface area contributed by atoms with Gasteiger partial charge in [0.1, 0.15) is 11.5 Å². The van der Waals surface area contributed by atoms with Gasteiger partial charge in [-0.25, -0.2) is 4.39 Å². The Bertz CT molecular complexity index is 1030. The van der Waals surface area contributed by atoms with Crippen molar-refractivity contribution in [1.29, 1.82) is 0 Å². The second kappa shape index (κ2) is 7.72. The molecule has 0 bridgehead atoms. The van der Waals surface area contributed by atoms with Crippen molar-refractivity contribution in [2.24, 2.45) is 0 Å². The molecule has 0 saturated carbocycles. The van der Waals surface area contributed by atoms with Crippen LogP contribution >= 0.6 is 11.8 Å². The third kappa shape index (κ3) is 3.85. The van der Waals surface area contributed by atoms with E-state index in [-0.39, 0.29) is 5.69 Å². The molecular weight excluding hydrogens is 380 g/mol. The lowest BCUT2D eigenvalue weighted by atomic mass is 10.0. The van der Waals surface area contributed by atoms with Gasteiger partial charge >= 0.3 is 6.18 Å². The van der Waals surface area contributed by atoms with Crippen molar-refractivity contribution in [3.05, 3.63) is 64.1 Å². The highest BCUT2D eigenvalue weighted by Crippen LogP contribution is 2.34. The Labute approximate surface area is 157 Å². The second-order valence-corrected chi connectivity index (χ2v) is 6.91. The van der Waals surface area contributed by atoms with Gasteiger partial charge < -0.3 is 0 Å². The van der Waals surface area contributed by atoms with E-state index in [9.17, 15) is 22.4 Å². The van der Waals surface area contributed by atoms with E-state index in [0.717, 1.165) is 24.3 Å². The molecule has 3 rings (SSSR count). The van der Waals surface area contributed by atoms with Crippen molar-refractivity contribution in [1.82, 2.24) is 9.78 Å². The van der Waals surface area contributed by atoms with Crippen molar-refractivity contribution in [3.63, 3.8) is 0 Å². The molecule has 27 heavy (non-hydrogen) atoms. The molecule has 8 heteroatoms. The SMILES string of the molecule is CSCCCn1nc(-c2cccc(C(F)(F)F)c2F)c(=O)c2ccccc21. The lowest BCUT2D eigenvalue weighted by Crippen LogP contribution is -2.18. The predicted octanol–water partition coefficient (Wildman–Crippen LogP) is 4.97. The van der Waals surface area contributed by atoms with Crippen molar-refractivity contribution in [2.45, 2.75) is 19.1 Å². The maximum Gasteiger partial charge on any atom is 0.419 e. The molecule has 1 heterocycles. The predicted molar refractivity (Wildman–Crippen MR) is 99.4 cm³/mol. The van der Waals surface area contributed by atoms with Crippen LogP contribution in [-0.4, -0.2) is 21.8 Å². The Hall–Kier alpha value is -2.35. The molecule has 0 fully saturated rings. The zero-order chi connectivity index (χ0) is 19.6. The topological polar surface area (TPSA) is 34.9 Å². The van der Waals surface area contributed by atoms with Crippen LogP contribution < -0.4 is 5.43 Å². The smallest absolute Gasteiger partial charge is 0.287 e. The van der Waals surface area contributed by atoms with E-state index in [1.807, 2.05) is 6.26 Å². The summed E-state index contributed by atoms with van der Waals surface area (Å²) in [5, 5.41) is 4.51. The fraction of sp³-hybridized carbons (Fsp3) is 0.263. The van der Waals surface area contributed by atoms with E-state index in [4.69, 9.17) is 0 Å². The van der Waals surface area contributed by atoms with Crippen LogP contribution in [0.2, 0.25) is 0 Å². The zero-order valence-electron chi connectivity index (χ0n) is 14.4. The van der Waals surface area contributed by atoms with E-state index in [1.54, 1.807) is 40.7 Å². The normalized spacial score (nSPS) is 11.9. The monoisotopic (exact) mass is 396 g/mol. The Morgan fingerprint density at radius 1 is 1.11 bits per heavy atom. The molecule has 0 aliphatic heterocycles. The maximum atomic E-state index is 14.6. The molecule has 0 unspecified atom stereocenters. The molecule has 0 amide bonds. The molecule has 3 nitrogen and oxygen atoms in total. The Morgan fingerprint density at radius 3 is 2.56 bits per heavy atom. The summed E-state index contributed by atoms with van der Waals surface area (Å²) in [5.41, 5.74) is -2.20. The first-order valence-electron chi connectivity index (χ1n) is 8.19. The van der Waals surface area contributed by atoms with Crippen LogP contribution in [0.15, 0.2) is 47.3 Å². The summed E-state index contributed by atoms with van der Waals surface area (Å²) in [6, 6.07) is 9.57. The van der Waals surface area contributed by atoms with Gasteiger partial charge in [0.15, 0.2) is 0 Å². The summed E-state index contributed by atoms with van der Waals surface area (Å²) in [6.07, 6.45) is -2.14. The van der Waals surface area contributed by atoms with Crippen LogP contribution in [0.1, 0.15) is 12.0 Å². The van der Waals surface area contributed by atoms with Crippen molar-refractivity contribution in [2.75, 3.05) is 12.0 Å². The number of nitrogens with zero attached hydrogens (tertiary/aromatic N) is 2. The van der Waals surface area contributed by atoms with Crippen molar-refractivity contribution < 1.29 is 17.6 Å². The molecule has 0 aliphatic rings. The first kappa shape index (κ1) is 19.4. The Balaban J connectivity index is 2.24. The van der Waals surface area contributed by atoms with Crippen LogP contribution in [0.4, 0.5) is 17.6 Å². The third-order valence-corrected chi connectivity index (χ3v) is 4.84. The molecule has 2 aromatic carbocycles. The number of aryl methyl sites for hydroxylation is 1. The summed E-state index contributed by atoms with van der Waals surface area (Å²) in [4.78, 5) is 12.8. The average molecular weight is 396 g/mol. The van der Waals surface area contributed by atoms with Gasteiger partial charge in [-0.15, -0.1) is 0 Å². The van der Waals surface area contributed by atoms with Gasteiger partial charge in [-0.3, -0.25) is 9.48 Å². The molecule has 0 spiro atoms. The summed E-state index contributed by atoms with van der Waals surface area (Å²) in [6.45, 7) is 0.467. The van der Waals surface area contributed by atoms with Crippen molar-refractivity contribution in [3.8, 4) is 11.3 Å². The van der Waals surface area contributed by atoms with Gasteiger partial charge in [-0.1, -0.05) is 18.2 Å². The van der Waals surface area contributed by atoms with E-state index < -0.39 is 28.5 Å². The number of halogens is 4. The summed E-state index contributed by atoms with van der Waals surface area (Å²) in [7, 11) is 0. The Morgan fingerprint density at radius 2 is 1.85 bits per heavy atom. The minimum Gasteiger partial charge on any atom is -0.287 e. The van der Waals surface area contributed by atoms with E-state index in [2.05, 4.69) is 5.10 Å². The summed E-state index contributed by atoms with van der Waals surface area (Å²) in [5.74, 6) is -0.629. The van der Waals surface area contributed by atoms with Gasteiger partial charge in [0.05, 0.1) is 11.1 Å². The highest BCUT2D eigenvalue weighted by Gasteiger charge is 2.35. The highest BCUT2D eigenvalue weighted by atomic mass is 32.2. The van der Waals surface area contributed by atoms with E-state index in [1.165, 1.54) is 0 Å². The van der Waals surface area contributed by atoms with Gasteiger partial charge in [0.2, 0.25) is 5.43 Å². The number of rotatable bonds is 5. The second-order valence-electron chi connectivity index (χ2n) is 5.93. The van der Waals surface area contributed by atoms with Crippen LogP contribution in [0.3, 0.4) is 0 Å². The number of hydrogen-bond donors (Lipinski definition) is 0. The molecule has 142 valence electrons.